The summed E-state index contributed by atoms with van der Waals surface area (Å²) in [6.07, 6.45) is 4.03. The van der Waals surface area contributed by atoms with Crippen molar-refractivity contribution >= 4 is 46.1 Å². The van der Waals surface area contributed by atoms with Crippen LogP contribution in [0.5, 0.6) is 0 Å². The number of ether oxygens (including phenoxy) is 1. The summed E-state index contributed by atoms with van der Waals surface area (Å²) in [5, 5.41) is 0.517. The summed E-state index contributed by atoms with van der Waals surface area (Å²) in [6, 6.07) is 5.32. The number of nitrogens with zero attached hydrogens (tertiary/aromatic N) is 1. The van der Waals surface area contributed by atoms with Crippen LogP contribution in [0.25, 0.3) is 0 Å². The van der Waals surface area contributed by atoms with Gasteiger partial charge in [0.25, 0.3) is 5.91 Å². The first-order chi connectivity index (χ1) is 10.0. The van der Waals surface area contributed by atoms with Crippen molar-refractivity contribution in [2.75, 3.05) is 13.7 Å². The summed E-state index contributed by atoms with van der Waals surface area (Å²) in [5.41, 5.74) is 0.541. The standard InChI is InChI=1S/C15H17ClINO3/c1-21-14(19)9-18(11-4-2-3-5-11)15(20)12-8-10(16)6-7-13(12)17/h6-8,11H,2-5,9H2,1H3. The van der Waals surface area contributed by atoms with E-state index in [1.165, 1.54) is 7.11 Å². The normalized spacial score (nSPS) is 15.0. The second-order valence-electron chi connectivity index (χ2n) is 5.07. The molecule has 1 aromatic carbocycles. The average molecular weight is 422 g/mol. The molecule has 1 aromatic rings. The lowest BCUT2D eigenvalue weighted by Gasteiger charge is -2.28. The van der Waals surface area contributed by atoms with Gasteiger partial charge in [-0.25, -0.2) is 0 Å². The SMILES string of the molecule is COC(=O)CN(C(=O)c1cc(Cl)ccc1I)C1CCCC1. The summed E-state index contributed by atoms with van der Waals surface area (Å²) in [6.45, 7) is -0.0113. The monoisotopic (exact) mass is 421 g/mol. The van der Waals surface area contributed by atoms with E-state index in [4.69, 9.17) is 16.3 Å². The maximum absolute atomic E-state index is 12.8. The number of carbonyl (C=O) groups excluding carboxylic acids is 2. The van der Waals surface area contributed by atoms with E-state index in [1.807, 2.05) is 0 Å². The van der Waals surface area contributed by atoms with Crippen molar-refractivity contribution in [3.63, 3.8) is 0 Å². The molecule has 4 nitrogen and oxygen atoms in total. The van der Waals surface area contributed by atoms with Gasteiger partial charge in [0.15, 0.2) is 0 Å². The highest BCUT2D eigenvalue weighted by Gasteiger charge is 2.30. The van der Waals surface area contributed by atoms with Crippen LogP contribution in [0, 0.1) is 3.57 Å². The van der Waals surface area contributed by atoms with Crippen molar-refractivity contribution in [1.29, 1.82) is 0 Å². The van der Waals surface area contributed by atoms with Gasteiger partial charge in [-0.15, -0.1) is 0 Å². The second-order valence-corrected chi connectivity index (χ2v) is 6.67. The van der Waals surface area contributed by atoms with Crippen molar-refractivity contribution in [3.8, 4) is 0 Å². The molecule has 2 rings (SSSR count). The molecule has 0 radical (unpaired) electrons. The van der Waals surface area contributed by atoms with Gasteiger partial charge in [0, 0.05) is 14.6 Å². The largest absolute Gasteiger partial charge is 0.468 e. The lowest BCUT2D eigenvalue weighted by molar-refractivity contribution is -0.141. The van der Waals surface area contributed by atoms with Crippen LogP contribution in [0.4, 0.5) is 0 Å². The van der Waals surface area contributed by atoms with Crippen LogP contribution < -0.4 is 0 Å². The van der Waals surface area contributed by atoms with Gasteiger partial charge >= 0.3 is 5.97 Å². The number of rotatable bonds is 4. The molecule has 114 valence electrons. The number of esters is 1. The molecule has 1 aliphatic carbocycles. The number of hydrogen-bond acceptors (Lipinski definition) is 3. The Hall–Kier alpha value is -0.820. The first kappa shape index (κ1) is 16.5. The molecule has 0 bridgehead atoms. The molecule has 1 aliphatic rings. The summed E-state index contributed by atoms with van der Waals surface area (Å²) in [7, 11) is 1.34. The zero-order chi connectivity index (χ0) is 15.4. The Morgan fingerprint density at radius 2 is 2.05 bits per heavy atom. The van der Waals surface area contributed by atoms with Crippen molar-refractivity contribution in [3.05, 3.63) is 32.4 Å². The van der Waals surface area contributed by atoms with Crippen molar-refractivity contribution in [1.82, 2.24) is 4.90 Å². The van der Waals surface area contributed by atoms with Gasteiger partial charge in [-0.1, -0.05) is 24.4 Å². The first-order valence-corrected chi connectivity index (χ1v) is 8.31. The highest BCUT2D eigenvalue weighted by atomic mass is 127. The molecule has 0 N–H and O–H groups in total. The Balaban J connectivity index is 2.28. The molecule has 21 heavy (non-hydrogen) atoms. The molecule has 0 saturated heterocycles. The Bertz CT molecular complexity index is 544. The molecular weight excluding hydrogens is 405 g/mol. The molecule has 0 unspecified atom stereocenters. The molecule has 6 heteroatoms. The fourth-order valence-corrected chi connectivity index (χ4v) is 3.34. The van der Waals surface area contributed by atoms with Gasteiger partial charge in [0.05, 0.1) is 12.7 Å². The van der Waals surface area contributed by atoms with E-state index in [9.17, 15) is 9.59 Å². The second kappa shape index (κ2) is 7.45. The highest BCUT2D eigenvalue weighted by molar-refractivity contribution is 14.1. The quantitative estimate of drug-likeness (QED) is 0.552. The van der Waals surface area contributed by atoms with Crippen LogP contribution in [0.2, 0.25) is 5.02 Å². The van der Waals surface area contributed by atoms with Crippen LogP contribution in [0.1, 0.15) is 36.0 Å². The minimum Gasteiger partial charge on any atom is -0.468 e. The van der Waals surface area contributed by atoms with Crippen molar-refractivity contribution in [2.24, 2.45) is 0 Å². The molecule has 1 saturated carbocycles. The lowest BCUT2D eigenvalue weighted by Crippen LogP contribution is -2.42. The zero-order valence-electron chi connectivity index (χ0n) is 11.8. The van der Waals surface area contributed by atoms with E-state index >= 15 is 0 Å². The summed E-state index contributed by atoms with van der Waals surface area (Å²) < 4.78 is 5.55. The van der Waals surface area contributed by atoms with Gasteiger partial charge < -0.3 is 9.64 Å². The van der Waals surface area contributed by atoms with Gasteiger partial charge in [0.2, 0.25) is 0 Å². The van der Waals surface area contributed by atoms with Gasteiger partial charge in [-0.3, -0.25) is 9.59 Å². The predicted octanol–water partition coefficient (Wildman–Crippen LogP) is 3.50. The van der Waals surface area contributed by atoms with Crippen LogP contribution in [-0.2, 0) is 9.53 Å². The molecule has 0 atom stereocenters. The lowest BCUT2D eigenvalue weighted by atomic mass is 10.1. The van der Waals surface area contributed by atoms with Gasteiger partial charge in [0.1, 0.15) is 6.54 Å². The van der Waals surface area contributed by atoms with Crippen molar-refractivity contribution < 1.29 is 14.3 Å². The number of benzene rings is 1. The maximum Gasteiger partial charge on any atom is 0.325 e. The van der Waals surface area contributed by atoms with E-state index in [1.54, 1.807) is 23.1 Å². The van der Waals surface area contributed by atoms with Crippen LogP contribution in [0.15, 0.2) is 18.2 Å². The third-order valence-electron chi connectivity index (χ3n) is 3.71. The third-order valence-corrected chi connectivity index (χ3v) is 4.89. The van der Waals surface area contributed by atoms with Crippen molar-refractivity contribution in [2.45, 2.75) is 31.7 Å². The molecule has 0 heterocycles. The Labute approximate surface area is 142 Å². The highest BCUT2D eigenvalue weighted by Crippen LogP contribution is 2.27. The van der Waals surface area contributed by atoms with Crippen LogP contribution >= 0.6 is 34.2 Å². The van der Waals surface area contributed by atoms with E-state index in [2.05, 4.69) is 22.6 Å². The van der Waals surface area contributed by atoms with Gasteiger partial charge in [-0.2, -0.15) is 0 Å². The minimum absolute atomic E-state index is 0.0113. The maximum atomic E-state index is 12.8. The molecular formula is C15H17ClINO3. The Morgan fingerprint density at radius 3 is 2.67 bits per heavy atom. The fraction of sp³-hybridized carbons (Fsp3) is 0.467. The van der Waals surface area contributed by atoms with E-state index in [0.717, 1.165) is 29.3 Å². The molecule has 0 aromatic heterocycles. The zero-order valence-corrected chi connectivity index (χ0v) is 14.7. The van der Waals surface area contributed by atoms with E-state index in [-0.39, 0.29) is 18.5 Å². The number of hydrogen-bond donors (Lipinski definition) is 0. The Morgan fingerprint density at radius 1 is 1.38 bits per heavy atom. The van der Waals surface area contributed by atoms with Crippen LogP contribution in [0.3, 0.4) is 0 Å². The van der Waals surface area contributed by atoms with E-state index in [0.29, 0.717) is 10.6 Å². The van der Waals surface area contributed by atoms with Gasteiger partial charge in [-0.05, 0) is 53.6 Å². The Kier molecular flexibility index (Phi) is 5.87. The van der Waals surface area contributed by atoms with Crippen LogP contribution in [-0.4, -0.2) is 36.5 Å². The number of methoxy groups -OCH3 is 1. The topological polar surface area (TPSA) is 46.6 Å². The number of carbonyl (C=O) groups is 2. The summed E-state index contributed by atoms with van der Waals surface area (Å²) in [4.78, 5) is 26.1. The third kappa shape index (κ3) is 4.10. The summed E-state index contributed by atoms with van der Waals surface area (Å²) in [5.74, 6) is -0.550. The predicted molar refractivity (Wildman–Crippen MR) is 89.5 cm³/mol. The minimum atomic E-state index is -0.396. The molecule has 0 aliphatic heterocycles. The smallest absolute Gasteiger partial charge is 0.325 e. The molecule has 1 fully saturated rings. The number of amides is 1. The number of halogens is 2. The summed E-state index contributed by atoms with van der Waals surface area (Å²) >= 11 is 8.10. The van der Waals surface area contributed by atoms with E-state index < -0.39 is 5.97 Å². The average Bonchev–Trinajstić information content (AvgIpc) is 3.00. The molecule has 1 amide bonds. The first-order valence-electron chi connectivity index (χ1n) is 6.85. The fourth-order valence-electron chi connectivity index (χ4n) is 2.60. The molecule has 0 spiro atoms.